The first kappa shape index (κ1) is 16.3. The van der Waals surface area contributed by atoms with Gasteiger partial charge in [0.05, 0.1) is 5.92 Å². The Morgan fingerprint density at radius 1 is 1.14 bits per heavy atom. The number of carbonyl (C=O) groups is 2. The van der Waals surface area contributed by atoms with Crippen LogP contribution in [-0.4, -0.2) is 59.0 Å². The zero-order chi connectivity index (χ0) is 15.4. The zero-order valence-electron chi connectivity index (χ0n) is 13.3. The van der Waals surface area contributed by atoms with Crippen molar-refractivity contribution in [1.82, 2.24) is 9.80 Å². The summed E-state index contributed by atoms with van der Waals surface area (Å²) in [4.78, 5) is 28.1. The molecule has 5 heteroatoms. The lowest BCUT2D eigenvalue weighted by Crippen LogP contribution is -2.41. The molecule has 0 radical (unpaired) electrons. The fourth-order valence-corrected chi connectivity index (χ4v) is 3.88. The van der Waals surface area contributed by atoms with Crippen molar-refractivity contribution in [3.8, 4) is 0 Å². The van der Waals surface area contributed by atoms with Crippen molar-refractivity contribution < 1.29 is 14.7 Å². The third kappa shape index (κ3) is 3.76. The van der Waals surface area contributed by atoms with E-state index in [0.29, 0.717) is 12.5 Å². The number of nitrogens with zero attached hydrogens (tertiary/aromatic N) is 2. The van der Waals surface area contributed by atoms with Gasteiger partial charge in [-0.05, 0) is 38.8 Å². The summed E-state index contributed by atoms with van der Waals surface area (Å²) < 4.78 is 0. The van der Waals surface area contributed by atoms with Crippen LogP contribution in [0.5, 0.6) is 0 Å². The number of carbonyl (C=O) groups excluding carboxylic acids is 1. The van der Waals surface area contributed by atoms with Crippen LogP contribution in [0, 0.1) is 11.8 Å². The molecule has 120 valence electrons. The molecule has 1 heterocycles. The van der Waals surface area contributed by atoms with E-state index in [2.05, 4.69) is 18.7 Å². The lowest BCUT2D eigenvalue weighted by atomic mass is 9.81. The quantitative estimate of drug-likeness (QED) is 0.840. The summed E-state index contributed by atoms with van der Waals surface area (Å²) in [5.74, 6) is -0.949. The smallest absolute Gasteiger partial charge is 0.306 e. The van der Waals surface area contributed by atoms with Crippen molar-refractivity contribution in [3.63, 3.8) is 0 Å². The molecule has 1 saturated heterocycles. The third-order valence-corrected chi connectivity index (χ3v) is 5.18. The highest BCUT2D eigenvalue weighted by Gasteiger charge is 2.36. The number of hydrogen-bond acceptors (Lipinski definition) is 3. The Hall–Kier alpha value is -1.10. The van der Waals surface area contributed by atoms with Crippen LogP contribution in [0.3, 0.4) is 0 Å². The minimum Gasteiger partial charge on any atom is -0.481 e. The van der Waals surface area contributed by atoms with Gasteiger partial charge < -0.3 is 10.0 Å². The van der Waals surface area contributed by atoms with Crippen LogP contribution < -0.4 is 0 Å². The Morgan fingerprint density at radius 3 is 2.43 bits per heavy atom. The van der Waals surface area contributed by atoms with Crippen molar-refractivity contribution in [1.29, 1.82) is 0 Å². The van der Waals surface area contributed by atoms with Gasteiger partial charge in [0, 0.05) is 25.0 Å². The van der Waals surface area contributed by atoms with Gasteiger partial charge in [0.1, 0.15) is 0 Å². The minimum absolute atomic E-state index is 0.0738. The highest BCUT2D eigenvalue weighted by atomic mass is 16.4. The van der Waals surface area contributed by atoms with Gasteiger partial charge in [-0.3, -0.25) is 14.5 Å². The summed E-state index contributed by atoms with van der Waals surface area (Å²) in [7, 11) is 0. The molecule has 2 aliphatic rings. The van der Waals surface area contributed by atoms with Crippen LogP contribution in [0.4, 0.5) is 0 Å². The molecule has 1 aliphatic carbocycles. The van der Waals surface area contributed by atoms with Crippen LogP contribution in [0.1, 0.15) is 46.0 Å². The summed E-state index contributed by atoms with van der Waals surface area (Å²) in [6.45, 7) is 8.00. The molecular formula is C16H28N2O3. The van der Waals surface area contributed by atoms with E-state index in [0.717, 1.165) is 51.9 Å². The Kier molecular flexibility index (Phi) is 5.62. The van der Waals surface area contributed by atoms with E-state index in [1.165, 1.54) is 0 Å². The molecule has 1 aliphatic heterocycles. The largest absolute Gasteiger partial charge is 0.481 e. The lowest BCUT2D eigenvalue weighted by molar-refractivity contribution is -0.145. The zero-order valence-corrected chi connectivity index (χ0v) is 13.3. The van der Waals surface area contributed by atoms with Crippen molar-refractivity contribution >= 4 is 11.9 Å². The fraction of sp³-hybridized carbons (Fsp3) is 0.875. The summed E-state index contributed by atoms with van der Waals surface area (Å²) >= 11 is 0. The van der Waals surface area contributed by atoms with Gasteiger partial charge in [0.2, 0.25) is 5.91 Å². The lowest BCUT2D eigenvalue weighted by Gasteiger charge is -2.30. The predicted molar refractivity (Wildman–Crippen MR) is 81.0 cm³/mol. The first-order valence-corrected chi connectivity index (χ1v) is 8.32. The fourth-order valence-electron chi connectivity index (χ4n) is 3.88. The van der Waals surface area contributed by atoms with Gasteiger partial charge in [-0.15, -0.1) is 0 Å². The van der Waals surface area contributed by atoms with Gasteiger partial charge in [0.25, 0.3) is 0 Å². The molecular weight excluding hydrogens is 268 g/mol. The second-order valence-corrected chi connectivity index (χ2v) is 6.35. The first-order chi connectivity index (χ1) is 10.1. The molecule has 0 aromatic rings. The van der Waals surface area contributed by atoms with E-state index in [1.807, 2.05) is 4.90 Å². The van der Waals surface area contributed by atoms with E-state index in [4.69, 9.17) is 5.11 Å². The van der Waals surface area contributed by atoms with Crippen LogP contribution in [0.2, 0.25) is 0 Å². The second kappa shape index (κ2) is 7.25. The SMILES string of the molecule is CCN(CC)C1CCN(C(=O)C2CCCC(C(=O)O)C2)C1. The van der Waals surface area contributed by atoms with E-state index < -0.39 is 5.97 Å². The first-order valence-electron chi connectivity index (χ1n) is 8.32. The van der Waals surface area contributed by atoms with E-state index in [9.17, 15) is 9.59 Å². The maximum absolute atomic E-state index is 12.6. The van der Waals surface area contributed by atoms with Crippen LogP contribution >= 0.6 is 0 Å². The van der Waals surface area contributed by atoms with Gasteiger partial charge in [-0.2, -0.15) is 0 Å². The molecule has 0 spiro atoms. The Balaban J connectivity index is 1.90. The highest BCUT2D eigenvalue weighted by Crippen LogP contribution is 2.31. The number of likely N-dealkylation sites (N-methyl/N-ethyl adjacent to an activating group) is 1. The van der Waals surface area contributed by atoms with Crippen molar-refractivity contribution in [2.45, 2.75) is 52.0 Å². The van der Waals surface area contributed by atoms with Crippen molar-refractivity contribution in [2.24, 2.45) is 11.8 Å². The van der Waals surface area contributed by atoms with Gasteiger partial charge in [-0.25, -0.2) is 0 Å². The summed E-state index contributed by atoms with van der Waals surface area (Å²) in [6, 6.07) is 0.475. The predicted octanol–water partition coefficient (Wildman–Crippen LogP) is 1.82. The molecule has 1 saturated carbocycles. The maximum Gasteiger partial charge on any atom is 0.306 e. The number of aliphatic carboxylic acids is 1. The van der Waals surface area contributed by atoms with Gasteiger partial charge >= 0.3 is 5.97 Å². The summed E-state index contributed by atoms with van der Waals surface area (Å²) in [5, 5.41) is 9.15. The Morgan fingerprint density at radius 2 is 1.81 bits per heavy atom. The van der Waals surface area contributed by atoms with Crippen molar-refractivity contribution in [3.05, 3.63) is 0 Å². The third-order valence-electron chi connectivity index (χ3n) is 5.18. The molecule has 0 aromatic carbocycles. The Labute approximate surface area is 127 Å². The molecule has 21 heavy (non-hydrogen) atoms. The Bertz CT molecular complexity index is 382. The van der Waals surface area contributed by atoms with Crippen LogP contribution in [0.25, 0.3) is 0 Å². The molecule has 3 unspecified atom stereocenters. The van der Waals surface area contributed by atoms with E-state index >= 15 is 0 Å². The van der Waals surface area contributed by atoms with Gasteiger partial charge in [-0.1, -0.05) is 20.3 Å². The molecule has 0 bridgehead atoms. The topological polar surface area (TPSA) is 60.9 Å². The van der Waals surface area contributed by atoms with Crippen LogP contribution in [-0.2, 0) is 9.59 Å². The minimum atomic E-state index is -0.741. The molecule has 2 fully saturated rings. The number of carboxylic acids is 1. The maximum atomic E-state index is 12.6. The standard InChI is InChI=1S/C16H28N2O3/c1-3-17(4-2)14-8-9-18(11-14)15(19)12-6-5-7-13(10-12)16(20)21/h12-14H,3-11H2,1-2H3,(H,20,21). The van der Waals surface area contributed by atoms with E-state index in [1.54, 1.807) is 0 Å². The summed E-state index contributed by atoms with van der Waals surface area (Å²) in [5.41, 5.74) is 0. The van der Waals surface area contributed by atoms with Gasteiger partial charge in [0.15, 0.2) is 0 Å². The number of rotatable bonds is 5. The molecule has 5 nitrogen and oxygen atoms in total. The highest BCUT2D eigenvalue weighted by molar-refractivity contribution is 5.80. The molecule has 3 atom stereocenters. The number of likely N-dealkylation sites (tertiary alicyclic amines) is 1. The van der Waals surface area contributed by atoms with Crippen molar-refractivity contribution in [2.75, 3.05) is 26.2 Å². The molecule has 0 aromatic heterocycles. The summed E-state index contributed by atoms with van der Waals surface area (Å²) in [6.07, 6.45) is 4.01. The molecule has 2 rings (SSSR count). The number of hydrogen-bond donors (Lipinski definition) is 1. The molecule has 1 N–H and O–H groups in total. The average molecular weight is 296 g/mol. The molecule has 1 amide bonds. The normalized spacial score (nSPS) is 29.9. The van der Waals surface area contributed by atoms with E-state index in [-0.39, 0.29) is 17.7 Å². The monoisotopic (exact) mass is 296 g/mol. The van der Waals surface area contributed by atoms with Crippen LogP contribution in [0.15, 0.2) is 0 Å². The number of carboxylic acid groups (broad SMARTS) is 1. The average Bonchev–Trinajstić information content (AvgIpc) is 2.97. The number of amides is 1. The second-order valence-electron chi connectivity index (χ2n) is 6.35.